The molecular weight excluding hydrogens is 286 g/mol. The number of nitrogens with one attached hydrogen (secondary N) is 1. The van der Waals surface area contributed by atoms with E-state index in [1.54, 1.807) is 13.0 Å². The number of carbonyl (C=O) groups is 3. The molecule has 0 radical (unpaired) electrons. The van der Waals surface area contributed by atoms with E-state index in [9.17, 15) is 19.5 Å². The van der Waals surface area contributed by atoms with Crippen molar-refractivity contribution in [2.45, 2.75) is 32.6 Å². The zero-order valence-electron chi connectivity index (χ0n) is 12.3. The van der Waals surface area contributed by atoms with Gasteiger partial charge in [-0.25, -0.2) is 4.79 Å². The van der Waals surface area contributed by atoms with Gasteiger partial charge in [0.05, 0.1) is 17.4 Å². The molecule has 0 heterocycles. The van der Waals surface area contributed by atoms with E-state index >= 15 is 0 Å². The van der Waals surface area contributed by atoms with Gasteiger partial charge < -0.3 is 15.5 Å². The maximum absolute atomic E-state index is 12.4. The average molecular weight is 305 g/mol. The van der Waals surface area contributed by atoms with E-state index in [1.807, 2.05) is 0 Å². The highest BCUT2D eigenvalue weighted by Crippen LogP contribution is 2.31. The first-order chi connectivity index (χ1) is 10.4. The molecular formula is C16H19NO5. The maximum Gasteiger partial charge on any atom is 0.335 e. The normalized spacial score (nSPS) is 21.1. The summed E-state index contributed by atoms with van der Waals surface area (Å²) < 4.78 is 0. The van der Waals surface area contributed by atoms with Crippen molar-refractivity contribution in [3.8, 4) is 0 Å². The zero-order chi connectivity index (χ0) is 16.3. The third kappa shape index (κ3) is 3.44. The van der Waals surface area contributed by atoms with Crippen LogP contribution in [0.1, 0.15) is 41.6 Å². The van der Waals surface area contributed by atoms with Crippen LogP contribution in [0, 0.1) is 18.8 Å². The Hall–Kier alpha value is -2.37. The number of rotatable bonds is 4. The molecule has 0 unspecified atom stereocenters. The Kier molecular flexibility index (Phi) is 4.80. The molecule has 3 N–H and O–H groups in total. The van der Waals surface area contributed by atoms with Gasteiger partial charge in [0.2, 0.25) is 5.91 Å². The average Bonchev–Trinajstić information content (AvgIpc) is 2.49. The number of hydrogen-bond donors (Lipinski definition) is 3. The predicted molar refractivity (Wildman–Crippen MR) is 79.9 cm³/mol. The highest BCUT2D eigenvalue weighted by atomic mass is 16.4. The second-order valence-corrected chi connectivity index (χ2v) is 5.66. The number of carboxylic acids is 2. The van der Waals surface area contributed by atoms with Crippen molar-refractivity contribution in [2.24, 2.45) is 11.8 Å². The molecule has 1 saturated carbocycles. The smallest absolute Gasteiger partial charge is 0.335 e. The first-order valence-corrected chi connectivity index (χ1v) is 7.27. The van der Waals surface area contributed by atoms with Gasteiger partial charge in [-0.1, -0.05) is 18.9 Å². The van der Waals surface area contributed by atoms with Gasteiger partial charge in [0.1, 0.15) is 0 Å². The minimum absolute atomic E-state index is 0.0827. The summed E-state index contributed by atoms with van der Waals surface area (Å²) in [6.45, 7) is 1.76. The highest BCUT2D eigenvalue weighted by molar-refractivity contribution is 5.97. The molecule has 1 amide bonds. The topological polar surface area (TPSA) is 104 Å². The monoisotopic (exact) mass is 305 g/mol. The Morgan fingerprint density at radius 3 is 2.32 bits per heavy atom. The fourth-order valence-electron chi connectivity index (χ4n) is 2.86. The Bertz CT molecular complexity index is 611. The minimum Gasteiger partial charge on any atom is -0.481 e. The van der Waals surface area contributed by atoms with Crippen LogP contribution in [-0.2, 0) is 9.59 Å². The lowest BCUT2D eigenvalue weighted by Crippen LogP contribution is -2.36. The van der Waals surface area contributed by atoms with Crippen LogP contribution in [0.2, 0.25) is 0 Å². The number of amides is 1. The van der Waals surface area contributed by atoms with Crippen molar-refractivity contribution >= 4 is 23.5 Å². The number of aryl methyl sites for hydroxylation is 1. The van der Waals surface area contributed by atoms with E-state index in [1.165, 1.54) is 12.1 Å². The van der Waals surface area contributed by atoms with Crippen molar-refractivity contribution in [3.05, 3.63) is 29.3 Å². The molecule has 1 fully saturated rings. The summed E-state index contributed by atoms with van der Waals surface area (Å²) in [5, 5.41) is 20.9. The summed E-state index contributed by atoms with van der Waals surface area (Å²) in [6.07, 6.45) is 2.69. The summed E-state index contributed by atoms with van der Waals surface area (Å²) in [5.74, 6) is -3.61. The Morgan fingerprint density at radius 2 is 1.73 bits per heavy atom. The van der Waals surface area contributed by atoms with E-state index < -0.39 is 23.8 Å². The molecule has 1 aromatic carbocycles. The first-order valence-electron chi connectivity index (χ1n) is 7.27. The summed E-state index contributed by atoms with van der Waals surface area (Å²) in [6, 6.07) is 4.48. The van der Waals surface area contributed by atoms with Crippen LogP contribution in [-0.4, -0.2) is 28.1 Å². The van der Waals surface area contributed by atoms with Crippen LogP contribution in [0.15, 0.2) is 18.2 Å². The molecule has 0 bridgehead atoms. The molecule has 0 aliphatic heterocycles. The van der Waals surface area contributed by atoms with E-state index in [4.69, 9.17) is 5.11 Å². The standard InChI is InChI=1S/C16H19NO5/c1-9-6-7-10(15(19)20)8-13(9)17-14(18)11-4-2-3-5-12(11)16(21)22/h6-8,11-12H,2-5H2,1H3,(H,17,18)(H,19,20)(H,21,22)/t11-,12-/m0/s1. The van der Waals surface area contributed by atoms with Gasteiger partial charge in [-0.3, -0.25) is 9.59 Å². The summed E-state index contributed by atoms with van der Waals surface area (Å²) in [5.41, 5.74) is 1.24. The van der Waals surface area contributed by atoms with Crippen LogP contribution < -0.4 is 5.32 Å². The van der Waals surface area contributed by atoms with Crippen LogP contribution in [0.3, 0.4) is 0 Å². The number of anilines is 1. The second-order valence-electron chi connectivity index (χ2n) is 5.66. The Labute approximate surface area is 128 Å². The van der Waals surface area contributed by atoms with Gasteiger partial charge in [0, 0.05) is 5.69 Å². The van der Waals surface area contributed by atoms with E-state index in [-0.39, 0.29) is 11.5 Å². The zero-order valence-corrected chi connectivity index (χ0v) is 12.3. The number of carbonyl (C=O) groups excluding carboxylic acids is 1. The molecule has 0 saturated heterocycles. The Balaban J connectivity index is 2.19. The molecule has 0 spiro atoms. The van der Waals surface area contributed by atoms with Crippen LogP contribution in [0.5, 0.6) is 0 Å². The van der Waals surface area contributed by atoms with Gasteiger partial charge in [0.25, 0.3) is 0 Å². The first kappa shape index (κ1) is 16.0. The number of aliphatic carboxylic acids is 1. The highest BCUT2D eigenvalue weighted by Gasteiger charge is 2.35. The molecule has 6 nitrogen and oxygen atoms in total. The quantitative estimate of drug-likeness (QED) is 0.793. The van der Waals surface area contributed by atoms with Crippen LogP contribution >= 0.6 is 0 Å². The number of aromatic carboxylic acids is 1. The number of hydrogen-bond acceptors (Lipinski definition) is 3. The van der Waals surface area contributed by atoms with Crippen LogP contribution in [0.4, 0.5) is 5.69 Å². The molecule has 22 heavy (non-hydrogen) atoms. The second kappa shape index (κ2) is 6.60. The number of benzene rings is 1. The largest absolute Gasteiger partial charge is 0.481 e. The van der Waals surface area contributed by atoms with Crippen molar-refractivity contribution < 1.29 is 24.6 Å². The Morgan fingerprint density at radius 1 is 1.09 bits per heavy atom. The van der Waals surface area contributed by atoms with Gasteiger partial charge in [-0.15, -0.1) is 0 Å². The third-order valence-corrected chi connectivity index (χ3v) is 4.16. The summed E-state index contributed by atoms with van der Waals surface area (Å²) >= 11 is 0. The van der Waals surface area contributed by atoms with E-state index in [2.05, 4.69) is 5.32 Å². The van der Waals surface area contributed by atoms with Gasteiger partial charge in [-0.2, -0.15) is 0 Å². The third-order valence-electron chi connectivity index (χ3n) is 4.16. The minimum atomic E-state index is -1.07. The number of carboxylic acid groups (broad SMARTS) is 2. The molecule has 1 aliphatic rings. The molecule has 1 aliphatic carbocycles. The molecule has 118 valence electrons. The van der Waals surface area contributed by atoms with Gasteiger partial charge in [-0.05, 0) is 37.5 Å². The molecule has 0 aromatic heterocycles. The van der Waals surface area contributed by atoms with E-state index in [0.29, 0.717) is 18.5 Å². The molecule has 2 rings (SSSR count). The lowest BCUT2D eigenvalue weighted by Gasteiger charge is -2.27. The predicted octanol–water partition coefficient (Wildman–Crippen LogP) is 2.52. The lowest BCUT2D eigenvalue weighted by molar-refractivity contribution is -0.147. The maximum atomic E-state index is 12.4. The SMILES string of the molecule is Cc1ccc(C(=O)O)cc1NC(=O)[C@H]1CCCC[C@@H]1C(=O)O. The fraction of sp³-hybridized carbons (Fsp3) is 0.438. The van der Waals surface area contributed by atoms with Crippen molar-refractivity contribution in [2.75, 3.05) is 5.32 Å². The van der Waals surface area contributed by atoms with Gasteiger partial charge >= 0.3 is 11.9 Å². The van der Waals surface area contributed by atoms with Crippen molar-refractivity contribution in [3.63, 3.8) is 0 Å². The van der Waals surface area contributed by atoms with Crippen molar-refractivity contribution in [1.29, 1.82) is 0 Å². The fourth-order valence-corrected chi connectivity index (χ4v) is 2.86. The summed E-state index contributed by atoms with van der Waals surface area (Å²) in [4.78, 5) is 34.7. The molecule has 2 atom stereocenters. The van der Waals surface area contributed by atoms with Crippen LogP contribution in [0.25, 0.3) is 0 Å². The molecule has 6 heteroatoms. The van der Waals surface area contributed by atoms with E-state index in [0.717, 1.165) is 18.4 Å². The van der Waals surface area contributed by atoms with Crippen molar-refractivity contribution in [1.82, 2.24) is 0 Å². The lowest BCUT2D eigenvalue weighted by atomic mass is 9.78. The summed E-state index contributed by atoms with van der Waals surface area (Å²) in [7, 11) is 0. The van der Waals surface area contributed by atoms with Gasteiger partial charge in [0.15, 0.2) is 0 Å². The molecule has 1 aromatic rings.